The lowest BCUT2D eigenvalue weighted by Crippen LogP contribution is -2.03. The van der Waals surface area contributed by atoms with Gasteiger partial charge in [0.25, 0.3) is 0 Å². The average Bonchev–Trinajstić information content (AvgIpc) is 2.56. The summed E-state index contributed by atoms with van der Waals surface area (Å²) in [6.07, 6.45) is 1.02. The molecule has 0 unspecified atom stereocenters. The minimum atomic E-state index is 0.572. The molecule has 22 heavy (non-hydrogen) atoms. The number of methoxy groups -OCH3 is 1. The summed E-state index contributed by atoms with van der Waals surface area (Å²) in [5.74, 6) is 1.79. The van der Waals surface area contributed by atoms with Gasteiger partial charge in [-0.3, -0.25) is 0 Å². The highest BCUT2D eigenvalue weighted by Gasteiger charge is 2.00. The van der Waals surface area contributed by atoms with Crippen LogP contribution in [0.1, 0.15) is 13.3 Å². The molecule has 0 heterocycles. The van der Waals surface area contributed by atoms with Crippen molar-refractivity contribution in [1.29, 1.82) is 0 Å². The molecule has 0 radical (unpaired) electrons. The number of hydrogen-bond acceptors (Lipinski definition) is 4. The molecule has 2 rings (SSSR count). The highest BCUT2D eigenvalue weighted by molar-refractivity contribution is 7.99. The molecule has 0 spiro atoms. The van der Waals surface area contributed by atoms with Crippen molar-refractivity contribution >= 4 is 11.8 Å². The summed E-state index contributed by atoms with van der Waals surface area (Å²) in [6, 6.07) is 16.3. The first-order valence-corrected chi connectivity index (χ1v) is 8.26. The lowest BCUT2D eigenvalue weighted by molar-refractivity contribution is 0.146. The number of hydrogen-bond donors (Lipinski definition) is 0. The monoisotopic (exact) mass is 318 g/mol. The van der Waals surface area contributed by atoms with Crippen molar-refractivity contribution in [3.63, 3.8) is 0 Å². The van der Waals surface area contributed by atoms with E-state index >= 15 is 0 Å². The Balaban J connectivity index is 1.87. The fourth-order valence-corrected chi connectivity index (χ4v) is 2.62. The fraction of sp³-hybridized carbons (Fsp3) is 0.333. The van der Waals surface area contributed by atoms with Gasteiger partial charge in [0.05, 0.1) is 13.2 Å². The third kappa shape index (κ3) is 5.62. The number of rotatable bonds is 9. The van der Waals surface area contributed by atoms with Gasteiger partial charge in [-0.2, -0.15) is 0 Å². The molecular formula is C18H22O3S. The van der Waals surface area contributed by atoms with Crippen LogP contribution in [0, 0.1) is 0 Å². The zero-order valence-corrected chi connectivity index (χ0v) is 13.9. The lowest BCUT2D eigenvalue weighted by atomic mass is 10.3. The van der Waals surface area contributed by atoms with E-state index in [2.05, 4.69) is 31.2 Å². The Morgan fingerprint density at radius 1 is 0.727 bits per heavy atom. The first kappa shape index (κ1) is 16.7. The molecule has 118 valence electrons. The molecular weight excluding hydrogens is 296 g/mol. The molecule has 0 fully saturated rings. The van der Waals surface area contributed by atoms with Crippen LogP contribution in [-0.2, 0) is 4.74 Å². The molecule has 0 N–H and O–H groups in total. The number of ether oxygens (including phenoxy) is 3. The van der Waals surface area contributed by atoms with Gasteiger partial charge in [0.1, 0.15) is 18.1 Å². The molecule has 0 aromatic heterocycles. The highest BCUT2D eigenvalue weighted by atomic mass is 32.2. The van der Waals surface area contributed by atoms with Crippen LogP contribution in [0.2, 0.25) is 0 Å². The molecule has 0 aliphatic heterocycles. The van der Waals surface area contributed by atoms with Gasteiger partial charge >= 0.3 is 0 Å². The van der Waals surface area contributed by atoms with Crippen LogP contribution in [0.4, 0.5) is 0 Å². The summed E-state index contributed by atoms with van der Waals surface area (Å²) in [6.45, 7) is 4.04. The Morgan fingerprint density at radius 3 is 1.68 bits per heavy atom. The van der Waals surface area contributed by atoms with E-state index in [9.17, 15) is 0 Å². The molecule has 0 amide bonds. The van der Waals surface area contributed by atoms with Crippen LogP contribution in [0.3, 0.4) is 0 Å². The second kappa shape index (κ2) is 9.38. The van der Waals surface area contributed by atoms with Gasteiger partial charge in [-0.1, -0.05) is 18.7 Å². The molecule has 3 nitrogen and oxygen atoms in total. The Morgan fingerprint density at radius 2 is 1.23 bits per heavy atom. The minimum absolute atomic E-state index is 0.572. The van der Waals surface area contributed by atoms with Crippen LogP contribution in [-0.4, -0.2) is 26.9 Å². The summed E-state index contributed by atoms with van der Waals surface area (Å²) in [5, 5.41) is 0. The van der Waals surface area contributed by atoms with Gasteiger partial charge in [0.15, 0.2) is 0 Å². The normalized spacial score (nSPS) is 10.5. The fourth-order valence-electron chi connectivity index (χ4n) is 1.81. The zero-order valence-electron chi connectivity index (χ0n) is 13.1. The summed E-state index contributed by atoms with van der Waals surface area (Å²) in [7, 11) is 1.67. The van der Waals surface area contributed by atoms with Crippen molar-refractivity contribution in [3.05, 3.63) is 48.5 Å². The highest BCUT2D eigenvalue weighted by Crippen LogP contribution is 2.30. The first-order valence-electron chi connectivity index (χ1n) is 7.44. The van der Waals surface area contributed by atoms with Gasteiger partial charge < -0.3 is 14.2 Å². The topological polar surface area (TPSA) is 27.7 Å². The third-order valence-electron chi connectivity index (χ3n) is 2.91. The van der Waals surface area contributed by atoms with E-state index in [1.54, 1.807) is 18.9 Å². The van der Waals surface area contributed by atoms with Gasteiger partial charge in [-0.05, 0) is 55.0 Å². The molecule has 0 saturated carbocycles. The Bertz CT molecular complexity index is 537. The molecule has 4 heteroatoms. The van der Waals surface area contributed by atoms with Crippen LogP contribution in [0.5, 0.6) is 11.5 Å². The Hall–Kier alpha value is -1.65. The Labute approximate surface area is 136 Å². The van der Waals surface area contributed by atoms with Crippen molar-refractivity contribution in [1.82, 2.24) is 0 Å². The van der Waals surface area contributed by atoms with Gasteiger partial charge in [0, 0.05) is 16.9 Å². The van der Waals surface area contributed by atoms with Gasteiger partial charge in [0.2, 0.25) is 0 Å². The third-order valence-corrected chi connectivity index (χ3v) is 3.93. The molecule has 0 atom stereocenters. The van der Waals surface area contributed by atoms with E-state index in [1.165, 1.54) is 9.79 Å². The van der Waals surface area contributed by atoms with Gasteiger partial charge in [-0.15, -0.1) is 0 Å². The summed E-state index contributed by atoms with van der Waals surface area (Å²) < 4.78 is 16.1. The van der Waals surface area contributed by atoms with Crippen LogP contribution >= 0.6 is 11.8 Å². The SMILES string of the molecule is CCCOc1ccc(Sc2ccc(OCCOC)cc2)cc1. The second-order valence-electron chi connectivity index (χ2n) is 4.73. The number of benzene rings is 2. The summed E-state index contributed by atoms with van der Waals surface area (Å²) >= 11 is 1.72. The summed E-state index contributed by atoms with van der Waals surface area (Å²) in [5.41, 5.74) is 0. The quantitative estimate of drug-likeness (QED) is 0.629. The van der Waals surface area contributed by atoms with Crippen LogP contribution < -0.4 is 9.47 Å². The lowest BCUT2D eigenvalue weighted by Gasteiger charge is -2.07. The standard InChI is InChI=1S/C18H22O3S/c1-3-12-20-15-4-8-17(9-5-15)22-18-10-6-16(7-11-18)21-14-13-19-2/h4-11H,3,12-14H2,1-2H3. The van der Waals surface area contributed by atoms with Crippen LogP contribution in [0.15, 0.2) is 58.3 Å². The van der Waals surface area contributed by atoms with E-state index in [4.69, 9.17) is 14.2 Å². The molecule has 0 aliphatic carbocycles. The molecule has 2 aromatic rings. The maximum Gasteiger partial charge on any atom is 0.119 e. The van der Waals surface area contributed by atoms with Crippen molar-refractivity contribution in [2.24, 2.45) is 0 Å². The van der Waals surface area contributed by atoms with E-state index in [0.29, 0.717) is 13.2 Å². The van der Waals surface area contributed by atoms with E-state index in [-0.39, 0.29) is 0 Å². The average molecular weight is 318 g/mol. The Kier molecular flexibility index (Phi) is 7.13. The summed E-state index contributed by atoms with van der Waals surface area (Å²) in [4.78, 5) is 2.37. The smallest absolute Gasteiger partial charge is 0.119 e. The van der Waals surface area contributed by atoms with E-state index < -0.39 is 0 Å². The predicted molar refractivity (Wildman–Crippen MR) is 90.2 cm³/mol. The van der Waals surface area contributed by atoms with Crippen molar-refractivity contribution in [2.45, 2.75) is 23.1 Å². The molecule has 0 saturated heterocycles. The van der Waals surface area contributed by atoms with Crippen molar-refractivity contribution < 1.29 is 14.2 Å². The minimum Gasteiger partial charge on any atom is -0.494 e. The molecule has 2 aromatic carbocycles. The largest absolute Gasteiger partial charge is 0.494 e. The first-order chi connectivity index (χ1) is 10.8. The van der Waals surface area contributed by atoms with Gasteiger partial charge in [-0.25, -0.2) is 0 Å². The second-order valence-corrected chi connectivity index (χ2v) is 5.88. The zero-order chi connectivity index (χ0) is 15.6. The van der Waals surface area contributed by atoms with Crippen LogP contribution in [0.25, 0.3) is 0 Å². The molecule has 0 aliphatic rings. The predicted octanol–water partition coefficient (Wildman–Crippen LogP) is 4.65. The maximum absolute atomic E-state index is 5.59. The van der Waals surface area contributed by atoms with E-state index in [0.717, 1.165) is 24.5 Å². The maximum atomic E-state index is 5.59. The molecule has 0 bridgehead atoms. The van der Waals surface area contributed by atoms with Crippen molar-refractivity contribution in [3.8, 4) is 11.5 Å². The van der Waals surface area contributed by atoms with Crippen molar-refractivity contribution in [2.75, 3.05) is 26.9 Å². The van der Waals surface area contributed by atoms with E-state index in [1.807, 2.05) is 24.3 Å².